The summed E-state index contributed by atoms with van der Waals surface area (Å²) in [6, 6.07) is 4.58. The van der Waals surface area contributed by atoms with Crippen molar-refractivity contribution in [1.82, 2.24) is 24.8 Å². The molecule has 0 radical (unpaired) electrons. The average molecular weight is 498 g/mol. The quantitative estimate of drug-likeness (QED) is 0.399. The highest BCUT2D eigenvalue weighted by Crippen LogP contribution is 2.67. The minimum atomic E-state index is -1.19. The number of rotatable bonds is 5. The smallest absolute Gasteiger partial charge is 0.229 e. The molecule has 3 aromatic rings. The van der Waals surface area contributed by atoms with Crippen LogP contribution in [0.5, 0.6) is 0 Å². The molecule has 4 N–H and O–H groups in total. The molecule has 0 bridgehead atoms. The number of aromatic nitrogens is 4. The van der Waals surface area contributed by atoms with Crippen molar-refractivity contribution in [3.63, 3.8) is 0 Å². The Morgan fingerprint density at radius 1 is 1.28 bits per heavy atom. The zero-order chi connectivity index (χ0) is 22.8. The lowest BCUT2D eigenvalue weighted by molar-refractivity contribution is -0.132. The maximum atomic E-state index is 12.4. The number of hydrogen-bond donors (Lipinski definition) is 4. The molecule has 5 atom stereocenters. The van der Waals surface area contributed by atoms with Crippen LogP contribution in [-0.4, -0.2) is 54.9 Å². The first-order chi connectivity index (χ1) is 15.3. The van der Waals surface area contributed by atoms with Crippen LogP contribution in [0.4, 0.5) is 5.82 Å². The lowest BCUT2D eigenvalue weighted by Gasteiger charge is -2.23. The van der Waals surface area contributed by atoms with Crippen LogP contribution in [0.2, 0.25) is 15.3 Å². The monoisotopic (exact) mass is 496 g/mol. The molecule has 5 rings (SSSR count). The summed E-state index contributed by atoms with van der Waals surface area (Å²) in [5.41, 5.74) is 0.591. The molecule has 2 heterocycles. The lowest BCUT2D eigenvalue weighted by Crippen LogP contribution is -2.41. The van der Waals surface area contributed by atoms with Crippen molar-refractivity contribution >= 4 is 57.7 Å². The van der Waals surface area contributed by atoms with Crippen LogP contribution in [0.3, 0.4) is 0 Å². The van der Waals surface area contributed by atoms with Gasteiger partial charge < -0.3 is 25.4 Å². The molecule has 2 fully saturated rings. The van der Waals surface area contributed by atoms with Crippen molar-refractivity contribution in [2.24, 2.45) is 11.3 Å². The molecule has 0 aliphatic heterocycles. The SMILES string of the molecule is CNC(=O)[C@@]12C[C@@H]1[C@@H](n1cnc3c(NCc4cc(Cl)ccc4Cl)nc(Cl)nc31)[C@H](O)[C@@H]2O. The molecule has 0 unspecified atom stereocenters. The largest absolute Gasteiger partial charge is 0.389 e. The Kier molecular flexibility index (Phi) is 5.22. The van der Waals surface area contributed by atoms with E-state index in [1.807, 2.05) is 0 Å². The number of carbonyl (C=O) groups excluding carboxylic acids is 1. The second-order valence-corrected chi connectivity index (χ2v) is 9.29. The third-order valence-electron chi connectivity index (χ3n) is 6.49. The minimum absolute atomic E-state index is 0.0136. The molecule has 2 aliphatic carbocycles. The Morgan fingerprint density at radius 2 is 2.06 bits per heavy atom. The number of imidazole rings is 1. The van der Waals surface area contributed by atoms with Gasteiger partial charge in [-0.2, -0.15) is 9.97 Å². The summed E-state index contributed by atoms with van der Waals surface area (Å²) in [5.74, 6) is -0.147. The second-order valence-electron chi connectivity index (χ2n) is 8.11. The van der Waals surface area contributed by atoms with E-state index in [0.29, 0.717) is 40.0 Å². The zero-order valence-electron chi connectivity index (χ0n) is 16.8. The Hall–Kier alpha value is -2.17. The van der Waals surface area contributed by atoms with Gasteiger partial charge in [-0.3, -0.25) is 4.79 Å². The summed E-state index contributed by atoms with van der Waals surface area (Å²) in [7, 11) is 1.52. The number of carbonyl (C=O) groups is 1. The molecule has 0 spiro atoms. The van der Waals surface area contributed by atoms with Gasteiger partial charge in [-0.1, -0.05) is 23.2 Å². The van der Waals surface area contributed by atoms with E-state index in [2.05, 4.69) is 25.6 Å². The van der Waals surface area contributed by atoms with Crippen LogP contribution in [-0.2, 0) is 11.3 Å². The molecule has 32 heavy (non-hydrogen) atoms. The van der Waals surface area contributed by atoms with Gasteiger partial charge in [0.05, 0.1) is 23.9 Å². The first-order valence-electron chi connectivity index (χ1n) is 9.94. The first kappa shape index (κ1) is 21.7. The van der Waals surface area contributed by atoms with Gasteiger partial charge >= 0.3 is 0 Å². The van der Waals surface area contributed by atoms with E-state index in [1.54, 1.807) is 22.8 Å². The van der Waals surface area contributed by atoms with Gasteiger partial charge in [-0.15, -0.1) is 0 Å². The molecule has 1 amide bonds. The summed E-state index contributed by atoms with van der Waals surface area (Å²) in [5, 5.41) is 28.2. The summed E-state index contributed by atoms with van der Waals surface area (Å²) >= 11 is 18.5. The zero-order valence-corrected chi connectivity index (χ0v) is 19.0. The standard InChI is InChI=1S/C20H19Cl3N6O3/c1-24-18(32)20-5-10(20)13(14(30)15(20)31)29-7-26-12-16(27-19(23)28-17(12)29)25-6-8-4-9(21)2-3-11(8)22/h2-4,7,10,13-15,30-31H,5-6H2,1H3,(H,24,32)(H,25,27,28)/t10-,13-,14+,15+,20+/m1/s1. The maximum absolute atomic E-state index is 12.4. The predicted octanol–water partition coefficient (Wildman–Crippen LogP) is 2.43. The van der Waals surface area contributed by atoms with Crippen LogP contribution in [0.1, 0.15) is 18.0 Å². The van der Waals surface area contributed by atoms with Gasteiger partial charge in [0.2, 0.25) is 11.2 Å². The fraction of sp³-hybridized carbons (Fsp3) is 0.400. The Morgan fingerprint density at radius 3 is 2.81 bits per heavy atom. The van der Waals surface area contributed by atoms with Crippen LogP contribution in [0.25, 0.3) is 11.2 Å². The highest BCUT2D eigenvalue weighted by molar-refractivity contribution is 6.33. The van der Waals surface area contributed by atoms with Gasteiger partial charge in [-0.25, -0.2) is 4.98 Å². The van der Waals surface area contributed by atoms with E-state index >= 15 is 0 Å². The van der Waals surface area contributed by atoms with Crippen molar-refractivity contribution < 1.29 is 15.0 Å². The first-order valence-corrected chi connectivity index (χ1v) is 11.1. The molecule has 0 saturated heterocycles. The summed E-state index contributed by atoms with van der Waals surface area (Å²) in [6.45, 7) is 0.321. The van der Waals surface area contributed by atoms with Crippen LogP contribution in [0, 0.1) is 11.3 Å². The molecule has 2 saturated carbocycles. The van der Waals surface area contributed by atoms with E-state index < -0.39 is 23.7 Å². The number of nitrogens with zero attached hydrogens (tertiary/aromatic N) is 4. The highest BCUT2D eigenvalue weighted by Gasteiger charge is 2.75. The van der Waals surface area contributed by atoms with Crippen molar-refractivity contribution in [3.05, 3.63) is 45.4 Å². The molecule has 2 aliphatic rings. The number of halogens is 3. The number of fused-ring (bicyclic) bond motifs is 2. The number of aliphatic hydroxyl groups is 2. The summed E-state index contributed by atoms with van der Waals surface area (Å²) < 4.78 is 1.66. The average Bonchev–Trinajstić information content (AvgIpc) is 3.31. The molecule has 168 valence electrons. The number of amides is 1. The molecule has 12 heteroatoms. The van der Waals surface area contributed by atoms with Gasteiger partial charge in [-0.05, 0) is 41.8 Å². The van der Waals surface area contributed by atoms with E-state index in [-0.39, 0.29) is 17.1 Å². The Bertz CT molecular complexity index is 1240. The van der Waals surface area contributed by atoms with E-state index in [9.17, 15) is 15.0 Å². The number of anilines is 1. The molecule has 2 aromatic heterocycles. The van der Waals surface area contributed by atoms with Crippen molar-refractivity contribution in [1.29, 1.82) is 0 Å². The third kappa shape index (κ3) is 3.14. The Balaban J connectivity index is 1.49. The van der Waals surface area contributed by atoms with Gasteiger partial charge in [0.1, 0.15) is 6.10 Å². The van der Waals surface area contributed by atoms with Gasteiger partial charge in [0, 0.05) is 29.6 Å². The fourth-order valence-corrected chi connectivity index (χ4v) is 5.42. The van der Waals surface area contributed by atoms with Crippen molar-refractivity contribution in [2.45, 2.75) is 31.2 Å². The number of nitrogens with one attached hydrogen (secondary N) is 2. The highest BCUT2D eigenvalue weighted by atomic mass is 35.5. The Labute approximate surface area is 197 Å². The van der Waals surface area contributed by atoms with E-state index in [0.717, 1.165) is 5.56 Å². The number of aliphatic hydroxyl groups excluding tert-OH is 2. The minimum Gasteiger partial charge on any atom is -0.389 e. The van der Waals surface area contributed by atoms with E-state index in [1.165, 1.54) is 13.4 Å². The topological polar surface area (TPSA) is 125 Å². The van der Waals surface area contributed by atoms with Gasteiger partial charge in [0.25, 0.3) is 0 Å². The number of hydrogen-bond acceptors (Lipinski definition) is 7. The lowest BCUT2D eigenvalue weighted by atomic mass is 9.98. The summed E-state index contributed by atoms with van der Waals surface area (Å²) in [4.78, 5) is 25.4. The van der Waals surface area contributed by atoms with Gasteiger partial charge in [0.15, 0.2) is 17.0 Å². The summed E-state index contributed by atoms with van der Waals surface area (Å²) in [6.07, 6.45) is -0.355. The van der Waals surface area contributed by atoms with E-state index in [4.69, 9.17) is 34.8 Å². The fourth-order valence-electron chi connectivity index (χ4n) is 4.88. The predicted molar refractivity (Wildman–Crippen MR) is 120 cm³/mol. The van der Waals surface area contributed by atoms with Crippen LogP contribution < -0.4 is 10.6 Å². The van der Waals surface area contributed by atoms with Crippen LogP contribution in [0.15, 0.2) is 24.5 Å². The van der Waals surface area contributed by atoms with Crippen molar-refractivity contribution in [2.75, 3.05) is 12.4 Å². The second kappa shape index (κ2) is 7.71. The van der Waals surface area contributed by atoms with Crippen molar-refractivity contribution in [3.8, 4) is 0 Å². The molecule has 1 aromatic carbocycles. The molecule has 9 nitrogen and oxygen atoms in total. The third-order valence-corrected chi connectivity index (χ3v) is 7.26. The number of benzene rings is 1. The maximum Gasteiger partial charge on any atom is 0.229 e. The van der Waals surface area contributed by atoms with Crippen LogP contribution >= 0.6 is 34.8 Å². The molecular weight excluding hydrogens is 479 g/mol. The molecular formula is C20H19Cl3N6O3. The normalized spacial score (nSPS) is 28.6.